The Labute approximate surface area is 110 Å². The molecule has 0 amide bonds. The molecule has 0 spiro atoms. The molecule has 0 unspecified atom stereocenters. The highest BCUT2D eigenvalue weighted by Crippen LogP contribution is 1.94. The van der Waals surface area contributed by atoms with Crippen LogP contribution in [0.25, 0.3) is 0 Å². The van der Waals surface area contributed by atoms with Crippen LogP contribution >= 0.6 is 22.6 Å². The summed E-state index contributed by atoms with van der Waals surface area (Å²) in [6, 6.07) is 0. The van der Waals surface area contributed by atoms with E-state index in [0.29, 0.717) is 9.49 Å². The van der Waals surface area contributed by atoms with Gasteiger partial charge in [0.1, 0.15) is 0 Å². The van der Waals surface area contributed by atoms with Crippen molar-refractivity contribution in [1.29, 1.82) is 0 Å². The molecule has 0 bridgehead atoms. The molecule has 0 radical (unpaired) electrons. The maximum absolute atomic E-state index is 11.6. The summed E-state index contributed by atoms with van der Waals surface area (Å²) in [4.78, 5) is 15.6. The molecule has 1 heterocycles. The van der Waals surface area contributed by atoms with Crippen molar-refractivity contribution < 1.29 is 0 Å². The zero-order chi connectivity index (χ0) is 12.0. The molecule has 90 valence electrons. The van der Waals surface area contributed by atoms with Gasteiger partial charge in [-0.25, -0.2) is 4.98 Å². The Morgan fingerprint density at radius 2 is 2.31 bits per heavy atom. The molecule has 0 atom stereocenters. The van der Waals surface area contributed by atoms with Crippen molar-refractivity contribution in [3.05, 3.63) is 26.4 Å². The lowest BCUT2D eigenvalue weighted by Gasteiger charge is -2.08. The summed E-state index contributed by atoms with van der Waals surface area (Å²) in [5.41, 5.74) is 0.0551. The average molecular weight is 335 g/mol. The topological polar surface area (TPSA) is 46.9 Å². The number of halogens is 1. The van der Waals surface area contributed by atoms with E-state index < -0.39 is 0 Å². The first-order valence-electron chi connectivity index (χ1n) is 5.52. The summed E-state index contributed by atoms with van der Waals surface area (Å²) in [7, 11) is 0. The van der Waals surface area contributed by atoms with E-state index in [2.05, 4.69) is 24.1 Å². The number of hydrogen-bond donors (Lipinski definition) is 1. The van der Waals surface area contributed by atoms with E-state index in [1.807, 2.05) is 22.6 Å². The molecule has 1 rings (SSSR count). The van der Waals surface area contributed by atoms with E-state index in [1.54, 1.807) is 17.1 Å². The molecule has 4 nitrogen and oxygen atoms in total. The second-order valence-corrected chi connectivity index (χ2v) is 5.35. The highest BCUT2D eigenvalue weighted by molar-refractivity contribution is 14.1. The van der Waals surface area contributed by atoms with Crippen LogP contribution in [-0.2, 0) is 6.54 Å². The quantitative estimate of drug-likeness (QED) is 0.633. The predicted molar refractivity (Wildman–Crippen MR) is 73.5 cm³/mol. The SMILES string of the molecule is CC(C)CNCCCn1cncc(I)c1=O. The van der Waals surface area contributed by atoms with Gasteiger partial charge in [-0.3, -0.25) is 9.36 Å². The Morgan fingerprint density at radius 3 is 3.00 bits per heavy atom. The fourth-order valence-electron chi connectivity index (χ4n) is 1.35. The Kier molecular flexibility index (Phi) is 5.97. The molecule has 0 aromatic carbocycles. The van der Waals surface area contributed by atoms with Gasteiger partial charge in [0.2, 0.25) is 0 Å². The molecule has 1 aromatic rings. The summed E-state index contributed by atoms with van der Waals surface area (Å²) in [5, 5.41) is 3.35. The van der Waals surface area contributed by atoms with Crippen LogP contribution in [0.3, 0.4) is 0 Å². The van der Waals surface area contributed by atoms with Gasteiger partial charge in [-0.2, -0.15) is 0 Å². The number of hydrogen-bond acceptors (Lipinski definition) is 3. The zero-order valence-corrected chi connectivity index (χ0v) is 11.9. The highest BCUT2D eigenvalue weighted by atomic mass is 127. The van der Waals surface area contributed by atoms with E-state index >= 15 is 0 Å². The van der Waals surface area contributed by atoms with E-state index in [-0.39, 0.29) is 5.56 Å². The third-order valence-corrected chi connectivity index (χ3v) is 2.90. The van der Waals surface area contributed by atoms with Crippen LogP contribution in [0.1, 0.15) is 20.3 Å². The van der Waals surface area contributed by atoms with Crippen LogP contribution in [0.5, 0.6) is 0 Å². The molecule has 1 N–H and O–H groups in total. The van der Waals surface area contributed by atoms with E-state index in [4.69, 9.17) is 0 Å². The van der Waals surface area contributed by atoms with Crippen molar-refractivity contribution in [3.63, 3.8) is 0 Å². The van der Waals surface area contributed by atoms with Gasteiger partial charge in [0.25, 0.3) is 5.56 Å². The van der Waals surface area contributed by atoms with Gasteiger partial charge in [-0.1, -0.05) is 13.8 Å². The lowest BCUT2D eigenvalue weighted by atomic mass is 10.2. The Morgan fingerprint density at radius 1 is 1.56 bits per heavy atom. The fraction of sp³-hybridized carbons (Fsp3) is 0.636. The first-order chi connectivity index (χ1) is 7.61. The molecule has 0 aliphatic carbocycles. The molecule has 0 aliphatic rings. The van der Waals surface area contributed by atoms with Crippen LogP contribution in [0.15, 0.2) is 17.3 Å². The molecular weight excluding hydrogens is 317 g/mol. The Hall–Kier alpha value is -0.430. The first kappa shape index (κ1) is 13.6. The van der Waals surface area contributed by atoms with Gasteiger partial charge in [0.05, 0.1) is 9.90 Å². The van der Waals surface area contributed by atoms with Crippen molar-refractivity contribution in [2.75, 3.05) is 13.1 Å². The lowest BCUT2D eigenvalue weighted by molar-refractivity contribution is 0.515. The Bertz CT molecular complexity index is 376. The molecule has 5 heteroatoms. The molecule has 0 fully saturated rings. The molecule has 0 saturated carbocycles. The largest absolute Gasteiger partial charge is 0.316 e. The van der Waals surface area contributed by atoms with Crippen LogP contribution in [0.4, 0.5) is 0 Å². The summed E-state index contributed by atoms with van der Waals surface area (Å²) < 4.78 is 2.34. The van der Waals surface area contributed by atoms with E-state index in [1.165, 1.54) is 0 Å². The number of nitrogens with one attached hydrogen (secondary N) is 1. The molecular formula is C11H18IN3O. The minimum absolute atomic E-state index is 0.0551. The predicted octanol–water partition coefficient (Wildman–Crippen LogP) is 1.48. The lowest BCUT2D eigenvalue weighted by Crippen LogP contribution is -2.26. The monoisotopic (exact) mass is 335 g/mol. The van der Waals surface area contributed by atoms with Crippen LogP contribution < -0.4 is 10.9 Å². The number of nitrogens with zero attached hydrogens (tertiary/aromatic N) is 2. The zero-order valence-electron chi connectivity index (χ0n) is 9.74. The molecule has 0 saturated heterocycles. The van der Waals surface area contributed by atoms with Crippen LogP contribution in [0.2, 0.25) is 0 Å². The molecule has 1 aromatic heterocycles. The van der Waals surface area contributed by atoms with E-state index in [9.17, 15) is 4.79 Å². The summed E-state index contributed by atoms with van der Waals surface area (Å²) in [5.74, 6) is 0.669. The minimum atomic E-state index is 0.0551. The van der Waals surface area contributed by atoms with Crippen molar-refractivity contribution in [3.8, 4) is 0 Å². The summed E-state index contributed by atoms with van der Waals surface area (Å²) in [6.07, 6.45) is 4.15. The third-order valence-electron chi connectivity index (χ3n) is 2.16. The van der Waals surface area contributed by atoms with Gasteiger partial charge < -0.3 is 5.32 Å². The fourth-order valence-corrected chi connectivity index (χ4v) is 1.82. The van der Waals surface area contributed by atoms with Crippen LogP contribution in [0, 0.1) is 9.49 Å². The number of aromatic nitrogens is 2. The number of aryl methyl sites for hydroxylation is 1. The maximum Gasteiger partial charge on any atom is 0.266 e. The van der Waals surface area contributed by atoms with Gasteiger partial charge >= 0.3 is 0 Å². The maximum atomic E-state index is 11.6. The second kappa shape index (κ2) is 7.01. The van der Waals surface area contributed by atoms with Crippen molar-refractivity contribution >= 4 is 22.6 Å². The molecule has 16 heavy (non-hydrogen) atoms. The second-order valence-electron chi connectivity index (χ2n) is 4.19. The number of rotatable bonds is 6. The van der Waals surface area contributed by atoms with Crippen LogP contribution in [-0.4, -0.2) is 22.6 Å². The average Bonchev–Trinajstić information content (AvgIpc) is 2.23. The van der Waals surface area contributed by atoms with Crippen molar-refractivity contribution in [2.45, 2.75) is 26.8 Å². The summed E-state index contributed by atoms with van der Waals surface area (Å²) in [6.45, 7) is 7.06. The third kappa shape index (κ3) is 4.61. The first-order valence-corrected chi connectivity index (χ1v) is 6.60. The Balaban J connectivity index is 2.32. The molecule has 0 aliphatic heterocycles. The summed E-state index contributed by atoms with van der Waals surface area (Å²) >= 11 is 2.02. The van der Waals surface area contributed by atoms with Gasteiger partial charge in [-0.15, -0.1) is 0 Å². The van der Waals surface area contributed by atoms with Gasteiger partial charge in [-0.05, 0) is 48.0 Å². The normalized spacial score (nSPS) is 11.0. The van der Waals surface area contributed by atoms with Gasteiger partial charge in [0, 0.05) is 12.7 Å². The minimum Gasteiger partial charge on any atom is -0.316 e. The highest BCUT2D eigenvalue weighted by Gasteiger charge is 2.00. The van der Waals surface area contributed by atoms with Crippen molar-refractivity contribution in [1.82, 2.24) is 14.9 Å². The smallest absolute Gasteiger partial charge is 0.266 e. The van der Waals surface area contributed by atoms with E-state index in [0.717, 1.165) is 26.1 Å². The van der Waals surface area contributed by atoms with Crippen molar-refractivity contribution in [2.24, 2.45) is 5.92 Å². The standard InChI is InChI=1S/C11H18IN3O/c1-9(2)6-13-4-3-5-15-8-14-7-10(12)11(15)16/h7-9,13H,3-6H2,1-2H3. The van der Waals surface area contributed by atoms with Gasteiger partial charge in [0.15, 0.2) is 0 Å².